The number of aromatic carboxylic acids is 1. The Bertz CT molecular complexity index is 369. The standard InChI is InChI=1S/C12H14O3/c1-2-3-4-9-5-6-11(12(14)15)10(7-9)8-13/h5-8H,2-4H2,1H3,(H,14,15). The number of rotatable bonds is 5. The highest BCUT2D eigenvalue weighted by Gasteiger charge is 2.09. The lowest BCUT2D eigenvalue weighted by molar-refractivity contribution is 0.0694. The second-order valence-corrected chi connectivity index (χ2v) is 3.45. The third kappa shape index (κ3) is 2.91. The normalized spacial score (nSPS) is 9.93. The van der Waals surface area contributed by atoms with Gasteiger partial charge in [-0.1, -0.05) is 19.4 Å². The van der Waals surface area contributed by atoms with Crippen LogP contribution in [0.2, 0.25) is 0 Å². The first-order valence-electron chi connectivity index (χ1n) is 5.00. The van der Waals surface area contributed by atoms with Crippen LogP contribution in [0.25, 0.3) is 0 Å². The lowest BCUT2D eigenvalue weighted by atomic mass is 10.0. The van der Waals surface area contributed by atoms with Crippen molar-refractivity contribution in [2.75, 3.05) is 0 Å². The molecule has 1 aromatic rings. The van der Waals surface area contributed by atoms with E-state index in [9.17, 15) is 9.59 Å². The summed E-state index contributed by atoms with van der Waals surface area (Å²) >= 11 is 0. The fourth-order valence-electron chi connectivity index (χ4n) is 1.44. The summed E-state index contributed by atoms with van der Waals surface area (Å²) in [6, 6.07) is 4.93. The summed E-state index contributed by atoms with van der Waals surface area (Å²) < 4.78 is 0. The van der Waals surface area contributed by atoms with Gasteiger partial charge in [0.05, 0.1) is 5.56 Å². The van der Waals surface area contributed by atoms with Crippen molar-refractivity contribution >= 4 is 12.3 Å². The average Bonchev–Trinajstić information content (AvgIpc) is 2.25. The zero-order chi connectivity index (χ0) is 11.3. The third-order valence-corrected chi connectivity index (χ3v) is 2.29. The summed E-state index contributed by atoms with van der Waals surface area (Å²) in [6.07, 6.45) is 3.61. The number of carbonyl (C=O) groups excluding carboxylic acids is 1. The molecule has 0 unspecified atom stereocenters. The van der Waals surface area contributed by atoms with Gasteiger partial charge < -0.3 is 5.11 Å². The highest BCUT2D eigenvalue weighted by molar-refractivity contribution is 5.97. The van der Waals surface area contributed by atoms with Gasteiger partial charge in [0.25, 0.3) is 0 Å². The van der Waals surface area contributed by atoms with Crippen molar-refractivity contribution in [2.45, 2.75) is 26.2 Å². The monoisotopic (exact) mass is 206 g/mol. The van der Waals surface area contributed by atoms with Gasteiger partial charge in [-0.2, -0.15) is 0 Å². The van der Waals surface area contributed by atoms with Crippen LogP contribution in [-0.2, 0) is 6.42 Å². The molecule has 0 fully saturated rings. The second-order valence-electron chi connectivity index (χ2n) is 3.45. The van der Waals surface area contributed by atoms with Gasteiger partial charge in [0.2, 0.25) is 0 Å². The fraction of sp³-hybridized carbons (Fsp3) is 0.333. The van der Waals surface area contributed by atoms with E-state index in [1.54, 1.807) is 12.1 Å². The number of carboxylic acids is 1. The zero-order valence-electron chi connectivity index (χ0n) is 8.69. The summed E-state index contributed by atoms with van der Waals surface area (Å²) in [5.74, 6) is -1.06. The minimum Gasteiger partial charge on any atom is -0.478 e. The van der Waals surface area contributed by atoms with Crippen LogP contribution in [0.1, 0.15) is 46.0 Å². The molecular weight excluding hydrogens is 192 g/mol. The van der Waals surface area contributed by atoms with E-state index in [0.29, 0.717) is 6.29 Å². The van der Waals surface area contributed by atoms with Gasteiger partial charge in [0.15, 0.2) is 6.29 Å². The van der Waals surface area contributed by atoms with Crippen LogP contribution >= 0.6 is 0 Å². The Morgan fingerprint density at radius 2 is 2.20 bits per heavy atom. The molecule has 0 aliphatic heterocycles. The Balaban J connectivity index is 2.97. The van der Waals surface area contributed by atoms with Gasteiger partial charge >= 0.3 is 5.97 Å². The molecule has 0 radical (unpaired) electrons. The van der Waals surface area contributed by atoms with Crippen molar-refractivity contribution in [2.24, 2.45) is 0 Å². The number of hydrogen-bond donors (Lipinski definition) is 1. The van der Waals surface area contributed by atoms with Crippen molar-refractivity contribution in [1.82, 2.24) is 0 Å². The molecule has 0 aromatic heterocycles. The zero-order valence-corrected chi connectivity index (χ0v) is 8.69. The number of carbonyl (C=O) groups is 2. The number of aryl methyl sites for hydroxylation is 1. The topological polar surface area (TPSA) is 54.4 Å². The van der Waals surface area contributed by atoms with Gasteiger partial charge in [-0.15, -0.1) is 0 Å². The average molecular weight is 206 g/mol. The van der Waals surface area contributed by atoms with Gasteiger partial charge in [-0.3, -0.25) is 4.79 Å². The fourth-order valence-corrected chi connectivity index (χ4v) is 1.44. The molecule has 3 nitrogen and oxygen atoms in total. The van der Waals surface area contributed by atoms with E-state index >= 15 is 0 Å². The summed E-state index contributed by atoms with van der Waals surface area (Å²) in [5, 5.41) is 8.80. The summed E-state index contributed by atoms with van der Waals surface area (Å²) in [5.41, 5.74) is 1.35. The van der Waals surface area contributed by atoms with Crippen LogP contribution in [0.4, 0.5) is 0 Å². The molecule has 1 rings (SSSR count). The Kier molecular flexibility index (Phi) is 4.03. The van der Waals surface area contributed by atoms with Gasteiger partial charge in [-0.05, 0) is 30.5 Å². The van der Waals surface area contributed by atoms with E-state index in [0.717, 1.165) is 24.8 Å². The number of carboxylic acid groups (broad SMARTS) is 1. The summed E-state index contributed by atoms with van der Waals surface area (Å²) in [7, 11) is 0. The molecule has 15 heavy (non-hydrogen) atoms. The molecule has 0 aliphatic rings. The number of benzene rings is 1. The predicted molar refractivity (Wildman–Crippen MR) is 57.4 cm³/mol. The molecule has 0 saturated carbocycles. The largest absolute Gasteiger partial charge is 0.478 e. The molecule has 0 amide bonds. The van der Waals surface area contributed by atoms with E-state index in [4.69, 9.17) is 5.11 Å². The summed E-state index contributed by atoms with van der Waals surface area (Å²) in [4.78, 5) is 21.4. The number of aldehydes is 1. The smallest absolute Gasteiger partial charge is 0.336 e. The lowest BCUT2D eigenvalue weighted by Gasteiger charge is -2.03. The van der Waals surface area contributed by atoms with Gasteiger partial charge in [-0.25, -0.2) is 4.79 Å². The van der Waals surface area contributed by atoms with Crippen LogP contribution in [0.3, 0.4) is 0 Å². The first kappa shape index (κ1) is 11.4. The molecule has 0 atom stereocenters. The van der Waals surface area contributed by atoms with E-state index in [2.05, 4.69) is 6.92 Å². The molecule has 0 aliphatic carbocycles. The van der Waals surface area contributed by atoms with E-state index < -0.39 is 5.97 Å². The van der Waals surface area contributed by atoms with E-state index in [1.165, 1.54) is 6.07 Å². The molecule has 0 saturated heterocycles. The van der Waals surface area contributed by atoms with Crippen molar-refractivity contribution in [3.63, 3.8) is 0 Å². The molecule has 1 N–H and O–H groups in total. The molecule has 0 bridgehead atoms. The third-order valence-electron chi connectivity index (χ3n) is 2.29. The van der Waals surface area contributed by atoms with Crippen LogP contribution in [0.5, 0.6) is 0 Å². The SMILES string of the molecule is CCCCc1ccc(C(=O)O)c(C=O)c1. The van der Waals surface area contributed by atoms with Crippen molar-refractivity contribution in [3.8, 4) is 0 Å². The predicted octanol–water partition coefficient (Wildman–Crippen LogP) is 2.54. The Morgan fingerprint density at radius 1 is 1.47 bits per heavy atom. The van der Waals surface area contributed by atoms with Crippen LogP contribution in [0.15, 0.2) is 18.2 Å². The highest BCUT2D eigenvalue weighted by Crippen LogP contribution is 2.12. The van der Waals surface area contributed by atoms with Crippen molar-refractivity contribution in [3.05, 3.63) is 34.9 Å². The van der Waals surface area contributed by atoms with Crippen molar-refractivity contribution < 1.29 is 14.7 Å². The molecule has 3 heteroatoms. The summed E-state index contributed by atoms with van der Waals surface area (Å²) in [6.45, 7) is 2.09. The Morgan fingerprint density at radius 3 is 2.73 bits per heavy atom. The maximum absolute atomic E-state index is 10.7. The van der Waals surface area contributed by atoms with E-state index in [-0.39, 0.29) is 11.1 Å². The van der Waals surface area contributed by atoms with Gasteiger partial charge in [0.1, 0.15) is 0 Å². The molecule has 0 heterocycles. The molecule has 0 spiro atoms. The Labute approximate surface area is 88.7 Å². The first-order chi connectivity index (χ1) is 7.19. The minimum atomic E-state index is -1.06. The maximum atomic E-state index is 10.7. The van der Waals surface area contributed by atoms with Crippen LogP contribution < -0.4 is 0 Å². The number of unbranched alkanes of at least 4 members (excludes halogenated alkanes) is 1. The van der Waals surface area contributed by atoms with Crippen molar-refractivity contribution in [1.29, 1.82) is 0 Å². The van der Waals surface area contributed by atoms with E-state index in [1.807, 2.05) is 0 Å². The quantitative estimate of drug-likeness (QED) is 0.753. The highest BCUT2D eigenvalue weighted by atomic mass is 16.4. The number of hydrogen-bond acceptors (Lipinski definition) is 2. The molecular formula is C12H14O3. The maximum Gasteiger partial charge on any atom is 0.336 e. The molecule has 1 aromatic carbocycles. The lowest BCUT2D eigenvalue weighted by Crippen LogP contribution is -2.02. The van der Waals surface area contributed by atoms with Crippen LogP contribution in [-0.4, -0.2) is 17.4 Å². The Hall–Kier alpha value is -1.64. The van der Waals surface area contributed by atoms with Crippen LogP contribution in [0, 0.1) is 0 Å². The minimum absolute atomic E-state index is 0.0743. The van der Waals surface area contributed by atoms with Gasteiger partial charge in [0, 0.05) is 5.56 Å². The second kappa shape index (κ2) is 5.29. The first-order valence-corrected chi connectivity index (χ1v) is 5.00. The molecule has 80 valence electrons.